The highest BCUT2D eigenvalue weighted by molar-refractivity contribution is 5.11. The van der Waals surface area contributed by atoms with Crippen LogP contribution in [0.3, 0.4) is 0 Å². The van der Waals surface area contributed by atoms with Crippen LogP contribution < -0.4 is 5.32 Å². The average molecular weight is 378 g/mol. The summed E-state index contributed by atoms with van der Waals surface area (Å²) in [4.78, 5) is 9.19. The van der Waals surface area contributed by atoms with E-state index in [4.69, 9.17) is 9.72 Å². The predicted molar refractivity (Wildman–Crippen MR) is 104 cm³/mol. The molecule has 1 aromatic rings. The number of aliphatic hydroxyl groups is 2. The second-order valence-electron chi connectivity index (χ2n) is 9.21. The molecule has 0 amide bonds. The molecule has 2 aliphatic rings. The number of nitrogens with one attached hydrogen (secondary N) is 1. The van der Waals surface area contributed by atoms with Crippen LogP contribution in [0.2, 0.25) is 0 Å². The molecule has 6 heteroatoms. The van der Waals surface area contributed by atoms with Gasteiger partial charge in [-0.15, -0.1) is 0 Å². The lowest BCUT2D eigenvalue weighted by Crippen LogP contribution is -2.40. The van der Waals surface area contributed by atoms with E-state index < -0.39 is 6.10 Å². The molecule has 1 aliphatic carbocycles. The Hall–Kier alpha value is -1.08. The highest BCUT2D eigenvalue weighted by Gasteiger charge is 2.42. The van der Waals surface area contributed by atoms with Gasteiger partial charge in [0.25, 0.3) is 0 Å². The molecule has 1 aliphatic heterocycles. The average Bonchev–Trinajstić information content (AvgIpc) is 2.95. The largest absolute Gasteiger partial charge is 0.396 e. The topological polar surface area (TPSA) is 87.5 Å². The molecule has 1 saturated carbocycles. The molecule has 3 N–H and O–H groups in total. The van der Waals surface area contributed by atoms with E-state index in [-0.39, 0.29) is 29.9 Å². The fourth-order valence-corrected chi connectivity index (χ4v) is 4.36. The van der Waals surface area contributed by atoms with Crippen molar-refractivity contribution in [2.24, 2.45) is 17.8 Å². The van der Waals surface area contributed by atoms with Gasteiger partial charge in [-0.1, -0.05) is 20.8 Å². The summed E-state index contributed by atoms with van der Waals surface area (Å²) in [5.41, 5.74) is 0.896. The van der Waals surface area contributed by atoms with Gasteiger partial charge in [0.15, 0.2) is 0 Å². The zero-order chi connectivity index (χ0) is 19.4. The summed E-state index contributed by atoms with van der Waals surface area (Å²) in [5, 5.41) is 24.0. The standard InChI is InChI=1S/C21H35N3O3/c1-21(2,3)20-22-7-4-15(24-20)10-16-17(13-25)19(26)11-18(16)23-12-14-5-8-27-9-6-14/h4,7,14,16-19,23,25-26H,5-6,8-13H2,1-3H3/t16-,17-,18-,19-/m1/s1. The van der Waals surface area contributed by atoms with Crippen LogP contribution in [0.1, 0.15) is 51.6 Å². The molecule has 27 heavy (non-hydrogen) atoms. The first-order chi connectivity index (χ1) is 12.9. The first-order valence-corrected chi connectivity index (χ1v) is 10.3. The molecule has 3 rings (SSSR count). The van der Waals surface area contributed by atoms with Crippen molar-refractivity contribution >= 4 is 0 Å². The third kappa shape index (κ3) is 5.25. The molecule has 4 atom stereocenters. The highest BCUT2D eigenvalue weighted by Crippen LogP contribution is 2.35. The molecule has 0 aromatic carbocycles. The van der Waals surface area contributed by atoms with Crippen molar-refractivity contribution in [1.82, 2.24) is 15.3 Å². The first kappa shape index (κ1) is 20.6. The number of hydrogen-bond donors (Lipinski definition) is 3. The first-order valence-electron chi connectivity index (χ1n) is 10.3. The van der Waals surface area contributed by atoms with Crippen molar-refractivity contribution in [2.75, 3.05) is 26.4 Å². The molecule has 0 unspecified atom stereocenters. The minimum atomic E-state index is -0.462. The highest BCUT2D eigenvalue weighted by atomic mass is 16.5. The van der Waals surface area contributed by atoms with Crippen LogP contribution in [-0.2, 0) is 16.6 Å². The number of aromatic nitrogens is 2. The minimum absolute atomic E-state index is 0.0124. The van der Waals surface area contributed by atoms with Crippen molar-refractivity contribution in [2.45, 2.75) is 64.0 Å². The Bertz CT molecular complexity index is 599. The maximum absolute atomic E-state index is 10.5. The van der Waals surface area contributed by atoms with E-state index in [0.717, 1.165) is 50.5 Å². The van der Waals surface area contributed by atoms with E-state index in [1.807, 2.05) is 12.3 Å². The second kappa shape index (κ2) is 8.95. The van der Waals surface area contributed by atoms with Gasteiger partial charge in [0.1, 0.15) is 5.82 Å². The van der Waals surface area contributed by atoms with Gasteiger partial charge in [0.05, 0.1) is 6.10 Å². The second-order valence-corrected chi connectivity index (χ2v) is 9.21. The lowest BCUT2D eigenvalue weighted by atomic mass is 9.88. The van der Waals surface area contributed by atoms with E-state index >= 15 is 0 Å². The summed E-state index contributed by atoms with van der Waals surface area (Å²) in [6, 6.07) is 2.16. The van der Waals surface area contributed by atoms with Crippen molar-refractivity contribution in [3.63, 3.8) is 0 Å². The monoisotopic (exact) mass is 377 g/mol. The van der Waals surface area contributed by atoms with E-state index in [1.165, 1.54) is 0 Å². The van der Waals surface area contributed by atoms with Crippen LogP contribution in [0, 0.1) is 17.8 Å². The third-order valence-electron chi connectivity index (χ3n) is 6.11. The number of nitrogens with zero attached hydrogens (tertiary/aromatic N) is 2. The van der Waals surface area contributed by atoms with Crippen LogP contribution in [-0.4, -0.2) is 58.7 Å². The van der Waals surface area contributed by atoms with Crippen LogP contribution in [0.4, 0.5) is 0 Å². The van der Waals surface area contributed by atoms with E-state index in [1.54, 1.807) is 0 Å². The Morgan fingerprint density at radius 3 is 2.63 bits per heavy atom. The summed E-state index contributed by atoms with van der Waals surface area (Å²) in [5.74, 6) is 1.54. The van der Waals surface area contributed by atoms with E-state index in [9.17, 15) is 10.2 Å². The van der Waals surface area contributed by atoms with Gasteiger partial charge in [0.2, 0.25) is 0 Å². The van der Waals surface area contributed by atoms with Crippen molar-refractivity contribution in [3.8, 4) is 0 Å². The van der Waals surface area contributed by atoms with Crippen LogP contribution in [0.25, 0.3) is 0 Å². The Labute approximate surface area is 162 Å². The molecule has 152 valence electrons. The molecule has 0 spiro atoms. The summed E-state index contributed by atoms with van der Waals surface area (Å²) >= 11 is 0. The minimum Gasteiger partial charge on any atom is -0.396 e. The molecule has 6 nitrogen and oxygen atoms in total. The SMILES string of the molecule is CC(C)(C)c1nccc(C[C@@H]2[C@@H](CO)[C@H](O)C[C@H]2NCC2CCOCC2)n1. The van der Waals surface area contributed by atoms with Crippen LogP contribution >= 0.6 is 0 Å². The molecular formula is C21H35N3O3. The Balaban J connectivity index is 1.69. The predicted octanol–water partition coefficient (Wildman–Crippen LogP) is 1.69. The van der Waals surface area contributed by atoms with Crippen LogP contribution in [0.5, 0.6) is 0 Å². The molecule has 0 bridgehead atoms. The zero-order valence-electron chi connectivity index (χ0n) is 16.9. The number of hydrogen-bond acceptors (Lipinski definition) is 6. The van der Waals surface area contributed by atoms with Gasteiger partial charge in [-0.05, 0) is 50.1 Å². The normalized spacial score (nSPS) is 30.0. The van der Waals surface area contributed by atoms with Gasteiger partial charge in [0, 0.05) is 49.1 Å². The lowest BCUT2D eigenvalue weighted by Gasteiger charge is -2.28. The molecule has 2 heterocycles. The van der Waals surface area contributed by atoms with Crippen molar-refractivity contribution in [3.05, 3.63) is 23.8 Å². The van der Waals surface area contributed by atoms with Crippen molar-refractivity contribution in [1.29, 1.82) is 0 Å². The Kier molecular flexibility index (Phi) is 6.84. The molecule has 2 fully saturated rings. The van der Waals surface area contributed by atoms with Gasteiger partial charge in [-0.3, -0.25) is 0 Å². The number of aliphatic hydroxyl groups excluding tert-OH is 2. The zero-order valence-corrected chi connectivity index (χ0v) is 16.9. The fraction of sp³-hybridized carbons (Fsp3) is 0.810. The smallest absolute Gasteiger partial charge is 0.133 e. The number of ether oxygens (including phenoxy) is 1. The molecule has 1 aromatic heterocycles. The summed E-state index contributed by atoms with van der Waals surface area (Å²) in [6.07, 6.45) is 4.99. The maximum Gasteiger partial charge on any atom is 0.133 e. The van der Waals surface area contributed by atoms with Crippen molar-refractivity contribution < 1.29 is 14.9 Å². The summed E-state index contributed by atoms with van der Waals surface area (Å²) in [7, 11) is 0. The third-order valence-corrected chi connectivity index (χ3v) is 6.11. The molecular weight excluding hydrogens is 342 g/mol. The van der Waals surface area contributed by atoms with E-state index in [0.29, 0.717) is 12.3 Å². The molecule has 1 saturated heterocycles. The quantitative estimate of drug-likeness (QED) is 0.699. The van der Waals surface area contributed by atoms with Gasteiger partial charge < -0.3 is 20.3 Å². The summed E-state index contributed by atoms with van der Waals surface area (Å²) in [6.45, 7) is 8.99. The fourth-order valence-electron chi connectivity index (χ4n) is 4.36. The van der Waals surface area contributed by atoms with Gasteiger partial charge in [-0.2, -0.15) is 0 Å². The Morgan fingerprint density at radius 2 is 1.96 bits per heavy atom. The molecule has 0 radical (unpaired) electrons. The van der Waals surface area contributed by atoms with Gasteiger partial charge >= 0.3 is 0 Å². The lowest BCUT2D eigenvalue weighted by molar-refractivity contribution is 0.0642. The van der Waals surface area contributed by atoms with E-state index in [2.05, 4.69) is 31.1 Å². The van der Waals surface area contributed by atoms with Crippen LogP contribution in [0.15, 0.2) is 12.3 Å². The summed E-state index contributed by atoms with van der Waals surface area (Å²) < 4.78 is 5.45. The number of rotatable bonds is 6. The van der Waals surface area contributed by atoms with Gasteiger partial charge in [-0.25, -0.2) is 9.97 Å². The maximum atomic E-state index is 10.5. The Morgan fingerprint density at radius 1 is 1.22 bits per heavy atom.